The van der Waals surface area contributed by atoms with E-state index >= 15 is 0 Å². The van der Waals surface area contributed by atoms with Crippen LogP contribution in [0.3, 0.4) is 0 Å². The van der Waals surface area contributed by atoms with Crippen LogP contribution in [0, 0.1) is 0 Å². The van der Waals surface area contributed by atoms with E-state index in [1.807, 2.05) is 0 Å². The van der Waals surface area contributed by atoms with Gasteiger partial charge in [0, 0.05) is 11.7 Å². The molecule has 0 aliphatic heterocycles. The topological polar surface area (TPSA) is 73.6 Å². The lowest BCUT2D eigenvalue weighted by Crippen LogP contribution is -2.34. The molecule has 1 aromatic carbocycles. The van der Waals surface area contributed by atoms with E-state index in [-0.39, 0.29) is 12.1 Å². The zero-order valence-corrected chi connectivity index (χ0v) is 10.4. The molecule has 5 heteroatoms. The first kappa shape index (κ1) is 12.7. The van der Waals surface area contributed by atoms with Crippen molar-refractivity contribution in [3.05, 3.63) is 24.3 Å². The number of carbonyl (C=O) groups is 1. The van der Waals surface area contributed by atoms with E-state index in [1.54, 1.807) is 31.4 Å². The molecule has 0 radical (unpaired) electrons. The molecule has 1 aliphatic rings. The third-order valence-electron chi connectivity index (χ3n) is 3.10. The number of hydrogen-bond acceptors (Lipinski definition) is 4. The van der Waals surface area contributed by atoms with Gasteiger partial charge in [-0.3, -0.25) is 5.32 Å². The molecule has 1 saturated carbocycles. The molecule has 0 spiro atoms. The summed E-state index contributed by atoms with van der Waals surface area (Å²) in [5.74, 6) is 0.742. The average Bonchev–Trinajstić information content (AvgIpc) is 2.76. The molecule has 1 aromatic rings. The molecular formula is C13H18N2O3. The highest BCUT2D eigenvalue weighted by Gasteiger charge is 2.27. The number of carbonyl (C=O) groups excluding carboxylic acids is 1. The van der Waals surface area contributed by atoms with Crippen LogP contribution in [0.15, 0.2) is 24.3 Å². The van der Waals surface area contributed by atoms with Gasteiger partial charge in [0.25, 0.3) is 0 Å². The van der Waals surface area contributed by atoms with Crippen LogP contribution in [0.4, 0.5) is 10.5 Å². The summed E-state index contributed by atoms with van der Waals surface area (Å²) in [4.78, 5) is 11.6. The predicted octanol–water partition coefficient (Wildman–Crippen LogP) is 2.12. The van der Waals surface area contributed by atoms with E-state index < -0.39 is 6.09 Å². The van der Waals surface area contributed by atoms with Crippen LogP contribution in [-0.2, 0) is 4.74 Å². The Kier molecular flexibility index (Phi) is 4.04. The molecular weight excluding hydrogens is 232 g/mol. The molecule has 0 saturated heterocycles. The van der Waals surface area contributed by atoms with E-state index in [0.29, 0.717) is 5.69 Å². The van der Waals surface area contributed by atoms with E-state index in [2.05, 4.69) is 5.32 Å². The number of nitrogens with two attached hydrogens (primary N) is 1. The molecule has 1 fully saturated rings. The van der Waals surface area contributed by atoms with Crippen molar-refractivity contribution in [2.24, 2.45) is 5.73 Å². The fraction of sp³-hybridized carbons (Fsp3) is 0.462. The standard InChI is InChI=1S/C13H18N2O3/c1-17-10-7-5-9(6-8-10)15-13(16)18-12-4-2-3-11(12)14/h5-8,11-12H,2-4,14H2,1H3,(H,15,16). The number of nitrogens with one attached hydrogen (secondary N) is 1. The maximum Gasteiger partial charge on any atom is 0.411 e. The lowest BCUT2D eigenvalue weighted by atomic mass is 10.2. The Morgan fingerprint density at radius 3 is 2.61 bits per heavy atom. The minimum atomic E-state index is -0.456. The number of benzene rings is 1. The Bertz CT molecular complexity index is 405. The van der Waals surface area contributed by atoms with Crippen LogP contribution in [-0.4, -0.2) is 25.3 Å². The first-order valence-electron chi connectivity index (χ1n) is 6.06. The van der Waals surface area contributed by atoms with Crippen LogP contribution in [0.5, 0.6) is 5.75 Å². The second kappa shape index (κ2) is 5.73. The van der Waals surface area contributed by atoms with Gasteiger partial charge in [0.2, 0.25) is 0 Å². The minimum Gasteiger partial charge on any atom is -0.497 e. The number of ether oxygens (including phenoxy) is 2. The third-order valence-corrected chi connectivity index (χ3v) is 3.10. The molecule has 0 heterocycles. The molecule has 0 aromatic heterocycles. The molecule has 2 rings (SSSR count). The summed E-state index contributed by atoms with van der Waals surface area (Å²) in [6, 6.07) is 7.03. The first-order valence-corrected chi connectivity index (χ1v) is 6.06. The van der Waals surface area contributed by atoms with Crippen LogP contribution in [0.25, 0.3) is 0 Å². The summed E-state index contributed by atoms with van der Waals surface area (Å²) in [6.45, 7) is 0. The first-order chi connectivity index (χ1) is 8.69. The summed E-state index contributed by atoms with van der Waals surface area (Å²) < 4.78 is 10.3. The second-order valence-electron chi connectivity index (χ2n) is 4.39. The summed E-state index contributed by atoms with van der Waals surface area (Å²) >= 11 is 0. The van der Waals surface area contributed by atoms with Crippen molar-refractivity contribution in [1.29, 1.82) is 0 Å². The highest BCUT2D eigenvalue weighted by atomic mass is 16.6. The maximum absolute atomic E-state index is 11.6. The van der Waals surface area contributed by atoms with Crippen LogP contribution >= 0.6 is 0 Å². The Morgan fingerprint density at radius 2 is 2.06 bits per heavy atom. The van der Waals surface area contributed by atoms with Gasteiger partial charge in [-0.1, -0.05) is 0 Å². The van der Waals surface area contributed by atoms with Crippen molar-refractivity contribution in [3.63, 3.8) is 0 Å². The molecule has 1 amide bonds. The second-order valence-corrected chi connectivity index (χ2v) is 4.39. The van der Waals surface area contributed by atoms with Crippen molar-refractivity contribution in [1.82, 2.24) is 0 Å². The summed E-state index contributed by atoms with van der Waals surface area (Å²) in [7, 11) is 1.60. The largest absolute Gasteiger partial charge is 0.497 e. The number of amides is 1. The van der Waals surface area contributed by atoms with Gasteiger partial charge in [-0.05, 0) is 43.5 Å². The molecule has 2 unspecified atom stereocenters. The van der Waals surface area contributed by atoms with Gasteiger partial charge in [0.15, 0.2) is 0 Å². The van der Waals surface area contributed by atoms with E-state index in [4.69, 9.17) is 15.2 Å². The lowest BCUT2D eigenvalue weighted by Gasteiger charge is -2.16. The van der Waals surface area contributed by atoms with Crippen LogP contribution < -0.4 is 15.8 Å². The maximum atomic E-state index is 11.6. The summed E-state index contributed by atoms with van der Waals surface area (Å²) in [5, 5.41) is 2.67. The Balaban J connectivity index is 1.86. The van der Waals surface area contributed by atoms with Crippen LogP contribution in [0.1, 0.15) is 19.3 Å². The van der Waals surface area contributed by atoms with Gasteiger partial charge < -0.3 is 15.2 Å². The third kappa shape index (κ3) is 3.13. The van der Waals surface area contributed by atoms with Crippen molar-refractivity contribution >= 4 is 11.8 Å². The van der Waals surface area contributed by atoms with E-state index in [9.17, 15) is 4.79 Å². The SMILES string of the molecule is COc1ccc(NC(=O)OC2CCCC2N)cc1. The number of hydrogen-bond donors (Lipinski definition) is 2. The molecule has 0 bridgehead atoms. The van der Waals surface area contributed by atoms with Gasteiger partial charge >= 0.3 is 6.09 Å². The minimum absolute atomic E-state index is 0.0355. The number of methoxy groups -OCH3 is 1. The molecule has 3 N–H and O–H groups in total. The molecule has 2 atom stereocenters. The van der Waals surface area contributed by atoms with Gasteiger partial charge in [-0.25, -0.2) is 4.79 Å². The highest BCUT2D eigenvalue weighted by Crippen LogP contribution is 2.21. The van der Waals surface area contributed by atoms with Crippen molar-refractivity contribution < 1.29 is 14.3 Å². The molecule has 18 heavy (non-hydrogen) atoms. The Labute approximate surface area is 106 Å². The molecule has 5 nitrogen and oxygen atoms in total. The monoisotopic (exact) mass is 250 g/mol. The molecule has 1 aliphatic carbocycles. The summed E-state index contributed by atoms with van der Waals surface area (Å²) in [5.41, 5.74) is 6.51. The fourth-order valence-electron chi connectivity index (χ4n) is 2.06. The van der Waals surface area contributed by atoms with Crippen LogP contribution in [0.2, 0.25) is 0 Å². The lowest BCUT2D eigenvalue weighted by molar-refractivity contribution is 0.105. The smallest absolute Gasteiger partial charge is 0.411 e. The molecule has 98 valence electrons. The predicted molar refractivity (Wildman–Crippen MR) is 68.7 cm³/mol. The fourth-order valence-corrected chi connectivity index (χ4v) is 2.06. The van der Waals surface area contributed by atoms with E-state index in [0.717, 1.165) is 25.0 Å². The van der Waals surface area contributed by atoms with Crippen molar-refractivity contribution in [3.8, 4) is 5.75 Å². The average molecular weight is 250 g/mol. The van der Waals surface area contributed by atoms with Crippen molar-refractivity contribution in [2.75, 3.05) is 12.4 Å². The Morgan fingerprint density at radius 1 is 1.33 bits per heavy atom. The van der Waals surface area contributed by atoms with E-state index in [1.165, 1.54) is 0 Å². The Hall–Kier alpha value is -1.75. The zero-order valence-electron chi connectivity index (χ0n) is 10.4. The van der Waals surface area contributed by atoms with Gasteiger partial charge in [-0.2, -0.15) is 0 Å². The number of anilines is 1. The normalized spacial score (nSPS) is 22.6. The quantitative estimate of drug-likeness (QED) is 0.861. The summed E-state index contributed by atoms with van der Waals surface area (Å²) in [6.07, 6.45) is 2.16. The van der Waals surface area contributed by atoms with Gasteiger partial charge in [0.1, 0.15) is 11.9 Å². The van der Waals surface area contributed by atoms with Crippen molar-refractivity contribution in [2.45, 2.75) is 31.4 Å². The van der Waals surface area contributed by atoms with Gasteiger partial charge in [-0.15, -0.1) is 0 Å². The zero-order chi connectivity index (χ0) is 13.0. The number of rotatable bonds is 3. The van der Waals surface area contributed by atoms with Gasteiger partial charge in [0.05, 0.1) is 7.11 Å². The highest BCUT2D eigenvalue weighted by molar-refractivity contribution is 5.84.